The molecule has 0 aliphatic heterocycles. The fourth-order valence-corrected chi connectivity index (χ4v) is 3.92. The minimum atomic E-state index is -0.355. The highest BCUT2D eigenvalue weighted by atomic mass is 35.5. The topological polar surface area (TPSA) is 83.6 Å². The lowest BCUT2D eigenvalue weighted by molar-refractivity contribution is -0.113. The van der Waals surface area contributed by atoms with E-state index in [0.717, 1.165) is 5.56 Å². The molecular weight excluding hydrogens is 449 g/mol. The number of hydrogen-bond acceptors (Lipinski definition) is 5. The van der Waals surface area contributed by atoms with Crippen molar-refractivity contribution in [1.82, 2.24) is 14.8 Å². The highest BCUT2D eigenvalue weighted by Gasteiger charge is 2.18. The van der Waals surface area contributed by atoms with Gasteiger partial charge in [-0.05, 0) is 42.5 Å². The van der Waals surface area contributed by atoms with E-state index in [0.29, 0.717) is 32.9 Å². The van der Waals surface area contributed by atoms with Crippen LogP contribution < -0.4 is 5.32 Å². The third-order valence-electron chi connectivity index (χ3n) is 4.46. The number of hydrogen-bond donors (Lipinski definition) is 1. The second kappa shape index (κ2) is 9.64. The van der Waals surface area contributed by atoms with Gasteiger partial charge in [-0.2, -0.15) is 5.26 Å². The molecule has 3 aromatic carbocycles. The Labute approximate surface area is 192 Å². The van der Waals surface area contributed by atoms with Gasteiger partial charge in [0, 0.05) is 16.3 Å². The van der Waals surface area contributed by atoms with Gasteiger partial charge in [-0.1, -0.05) is 53.7 Å². The lowest BCUT2D eigenvalue weighted by Crippen LogP contribution is -2.15. The summed E-state index contributed by atoms with van der Waals surface area (Å²) in [6.45, 7) is 0. The first-order chi connectivity index (χ1) is 15.5. The van der Waals surface area contributed by atoms with Crippen LogP contribution in [-0.2, 0) is 4.79 Å². The number of carbonyl (C=O) groups is 1. The number of benzene rings is 3. The molecule has 0 saturated carbocycles. The minimum absolute atomic E-state index is 0.0193. The summed E-state index contributed by atoms with van der Waals surface area (Å²) in [7, 11) is 0. The highest BCUT2D eigenvalue weighted by Crippen LogP contribution is 2.28. The Morgan fingerprint density at radius 3 is 2.56 bits per heavy atom. The monoisotopic (exact) mass is 463 g/mol. The lowest BCUT2D eigenvalue weighted by atomic mass is 10.2. The van der Waals surface area contributed by atoms with E-state index in [4.69, 9.17) is 11.6 Å². The Bertz CT molecular complexity index is 1300. The molecular formula is C23H15ClFN5OS. The van der Waals surface area contributed by atoms with E-state index < -0.39 is 0 Å². The summed E-state index contributed by atoms with van der Waals surface area (Å²) >= 11 is 7.15. The molecule has 0 bridgehead atoms. The molecule has 0 saturated heterocycles. The van der Waals surface area contributed by atoms with E-state index in [1.54, 1.807) is 28.8 Å². The predicted octanol–water partition coefficient (Wildman–Crippen LogP) is 5.33. The average Bonchev–Trinajstić information content (AvgIpc) is 3.23. The molecule has 0 radical (unpaired) electrons. The smallest absolute Gasteiger partial charge is 0.234 e. The van der Waals surface area contributed by atoms with Crippen LogP contribution in [0.1, 0.15) is 5.56 Å². The lowest BCUT2D eigenvalue weighted by Gasteiger charge is -2.11. The van der Waals surface area contributed by atoms with Crippen LogP contribution in [-0.4, -0.2) is 26.4 Å². The standard InChI is InChI=1S/C23H15ClFN5OS/c24-17-7-6-16(13-26)20(12-17)27-21(31)14-32-23-29-28-22(15-4-2-1-3-5-15)30(23)19-10-8-18(25)9-11-19/h1-12H,14H2,(H,27,31). The molecule has 1 heterocycles. The zero-order valence-corrected chi connectivity index (χ0v) is 18.1. The van der Waals surface area contributed by atoms with E-state index in [1.165, 1.54) is 30.0 Å². The quantitative estimate of drug-likeness (QED) is 0.391. The maximum Gasteiger partial charge on any atom is 0.234 e. The third-order valence-corrected chi connectivity index (χ3v) is 5.62. The number of amides is 1. The molecule has 0 aliphatic rings. The number of anilines is 1. The molecule has 6 nitrogen and oxygen atoms in total. The van der Waals surface area contributed by atoms with Gasteiger partial charge >= 0.3 is 0 Å². The zero-order valence-electron chi connectivity index (χ0n) is 16.5. The SMILES string of the molecule is N#Cc1ccc(Cl)cc1NC(=O)CSc1nnc(-c2ccccc2)n1-c1ccc(F)cc1. The van der Waals surface area contributed by atoms with Crippen molar-refractivity contribution in [3.63, 3.8) is 0 Å². The Kier molecular flexibility index (Phi) is 6.50. The number of carbonyl (C=O) groups excluding carboxylic acids is 1. The first-order valence-electron chi connectivity index (χ1n) is 9.44. The van der Waals surface area contributed by atoms with E-state index in [-0.39, 0.29) is 17.5 Å². The fourth-order valence-electron chi connectivity index (χ4n) is 2.99. The number of aromatic nitrogens is 3. The largest absolute Gasteiger partial charge is 0.324 e. The predicted molar refractivity (Wildman–Crippen MR) is 122 cm³/mol. The van der Waals surface area contributed by atoms with Crippen LogP contribution in [0.15, 0.2) is 78.0 Å². The Hall–Kier alpha value is -3.67. The Balaban J connectivity index is 1.60. The van der Waals surface area contributed by atoms with Crippen LogP contribution in [0.3, 0.4) is 0 Å². The van der Waals surface area contributed by atoms with Gasteiger partial charge in [-0.25, -0.2) is 4.39 Å². The molecule has 32 heavy (non-hydrogen) atoms. The molecule has 0 aliphatic carbocycles. The Morgan fingerprint density at radius 2 is 1.84 bits per heavy atom. The summed E-state index contributed by atoms with van der Waals surface area (Å²) in [5, 5.41) is 21.4. The van der Waals surface area contributed by atoms with Crippen molar-refractivity contribution in [2.24, 2.45) is 0 Å². The van der Waals surface area contributed by atoms with Crippen LogP contribution >= 0.6 is 23.4 Å². The molecule has 1 N–H and O–H groups in total. The van der Waals surface area contributed by atoms with Gasteiger partial charge in [0.15, 0.2) is 11.0 Å². The molecule has 4 aromatic rings. The normalized spacial score (nSPS) is 10.5. The molecule has 4 rings (SSSR count). The molecule has 9 heteroatoms. The van der Waals surface area contributed by atoms with Crippen molar-refractivity contribution in [3.8, 4) is 23.1 Å². The Morgan fingerprint density at radius 1 is 1.09 bits per heavy atom. The summed E-state index contributed by atoms with van der Waals surface area (Å²) < 4.78 is 15.2. The van der Waals surface area contributed by atoms with Crippen LogP contribution in [0.5, 0.6) is 0 Å². The van der Waals surface area contributed by atoms with Gasteiger partial charge in [0.2, 0.25) is 5.91 Å². The fraction of sp³-hybridized carbons (Fsp3) is 0.0435. The average molecular weight is 464 g/mol. The van der Waals surface area contributed by atoms with E-state index in [1.807, 2.05) is 36.4 Å². The van der Waals surface area contributed by atoms with Gasteiger partial charge in [-0.3, -0.25) is 9.36 Å². The van der Waals surface area contributed by atoms with Crippen LogP contribution in [0, 0.1) is 17.1 Å². The van der Waals surface area contributed by atoms with Crippen molar-refractivity contribution in [2.45, 2.75) is 5.16 Å². The molecule has 0 spiro atoms. The minimum Gasteiger partial charge on any atom is -0.324 e. The first-order valence-corrected chi connectivity index (χ1v) is 10.8. The van der Waals surface area contributed by atoms with E-state index in [9.17, 15) is 14.4 Å². The van der Waals surface area contributed by atoms with Gasteiger partial charge in [0.05, 0.1) is 17.0 Å². The van der Waals surface area contributed by atoms with Crippen molar-refractivity contribution in [3.05, 3.63) is 89.2 Å². The van der Waals surface area contributed by atoms with Crippen LogP contribution in [0.25, 0.3) is 17.1 Å². The highest BCUT2D eigenvalue weighted by molar-refractivity contribution is 7.99. The van der Waals surface area contributed by atoms with Gasteiger partial charge in [0.1, 0.15) is 11.9 Å². The van der Waals surface area contributed by atoms with Crippen molar-refractivity contribution in [1.29, 1.82) is 5.26 Å². The van der Waals surface area contributed by atoms with Gasteiger partial charge in [0.25, 0.3) is 0 Å². The number of nitrogens with zero attached hydrogens (tertiary/aromatic N) is 4. The molecule has 1 amide bonds. The van der Waals surface area contributed by atoms with Crippen LogP contribution in [0.2, 0.25) is 5.02 Å². The number of rotatable bonds is 6. The first kappa shape index (κ1) is 21.6. The zero-order chi connectivity index (χ0) is 22.5. The van der Waals surface area contributed by atoms with E-state index >= 15 is 0 Å². The second-order valence-electron chi connectivity index (χ2n) is 6.62. The second-order valence-corrected chi connectivity index (χ2v) is 8.00. The van der Waals surface area contributed by atoms with Crippen molar-refractivity contribution < 1.29 is 9.18 Å². The number of thioether (sulfide) groups is 1. The van der Waals surface area contributed by atoms with E-state index in [2.05, 4.69) is 15.5 Å². The summed E-state index contributed by atoms with van der Waals surface area (Å²) in [4.78, 5) is 12.5. The molecule has 1 aromatic heterocycles. The molecule has 158 valence electrons. The van der Waals surface area contributed by atoms with Crippen LogP contribution in [0.4, 0.5) is 10.1 Å². The van der Waals surface area contributed by atoms with Crippen molar-refractivity contribution >= 4 is 35.0 Å². The molecule has 0 unspecified atom stereocenters. The third kappa shape index (κ3) is 4.80. The maximum atomic E-state index is 13.5. The summed E-state index contributed by atoms with van der Waals surface area (Å²) in [6.07, 6.45) is 0. The molecule has 0 atom stereocenters. The number of nitrogens with one attached hydrogen (secondary N) is 1. The van der Waals surface area contributed by atoms with Crippen molar-refractivity contribution in [2.75, 3.05) is 11.1 Å². The van der Waals surface area contributed by atoms with Gasteiger partial charge in [-0.15, -0.1) is 10.2 Å². The summed E-state index contributed by atoms with van der Waals surface area (Å²) in [6, 6.07) is 22.1. The number of halogens is 2. The molecule has 0 fully saturated rings. The summed E-state index contributed by atoms with van der Waals surface area (Å²) in [5.74, 6) is -0.0946. The van der Waals surface area contributed by atoms with Gasteiger partial charge < -0.3 is 5.32 Å². The summed E-state index contributed by atoms with van der Waals surface area (Å²) in [5.41, 5.74) is 2.15. The maximum absolute atomic E-state index is 13.5. The number of nitriles is 1.